The highest BCUT2D eigenvalue weighted by molar-refractivity contribution is 9.10. The van der Waals surface area contributed by atoms with Gasteiger partial charge in [0.25, 0.3) is 0 Å². The van der Waals surface area contributed by atoms with Crippen LogP contribution < -0.4 is 4.74 Å². The van der Waals surface area contributed by atoms with Gasteiger partial charge in [0.15, 0.2) is 0 Å². The van der Waals surface area contributed by atoms with Crippen LogP contribution in [0.15, 0.2) is 33.2 Å². The van der Waals surface area contributed by atoms with Crippen molar-refractivity contribution in [3.05, 3.63) is 50.8 Å². The van der Waals surface area contributed by atoms with Crippen LogP contribution in [0.4, 0.5) is 0 Å². The molecule has 3 rings (SSSR count). The lowest BCUT2D eigenvalue weighted by atomic mass is 10.1. The summed E-state index contributed by atoms with van der Waals surface area (Å²) in [5, 5.41) is 0.541. The lowest BCUT2D eigenvalue weighted by molar-refractivity contribution is -0.132. The molecule has 0 N–H and O–H groups in total. The molecule has 1 atom stereocenters. The van der Waals surface area contributed by atoms with Gasteiger partial charge in [-0.3, -0.25) is 4.79 Å². The summed E-state index contributed by atoms with van der Waals surface area (Å²) in [6.45, 7) is 3.34. The number of likely N-dealkylation sites (N-methyl/N-ethyl adjacent to an activating group) is 1. The summed E-state index contributed by atoms with van der Waals surface area (Å²) < 4.78 is 12.9. The van der Waals surface area contributed by atoms with E-state index in [0.717, 1.165) is 21.6 Å². The van der Waals surface area contributed by atoms with Crippen molar-refractivity contribution in [1.82, 2.24) is 9.80 Å². The van der Waals surface area contributed by atoms with E-state index in [4.69, 9.17) is 20.8 Å². The zero-order valence-corrected chi connectivity index (χ0v) is 17.4. The second-order valence-corrected chi connectivity index (χ2v) is 7.97. The minimum Gasteiger partial charge on any atom is -0.484 e. The Balaban J connectivity index is 1.86. The van der Waals surface area contributed by atoms with Gasteiger partial charge in [0.2, 0.25) is 5.91 Å². The number of aryl methyl sites for hydroxylation is 1. The van der Waals surface area contributed by atoms with Gasteiger partial charge in [-0.25, -0.2) is 0 Å². The SMILES string of the molecule is Cc1cc2c(o1)CN(C(=O)CN(C)C)CCC2Oc1cccc(Br)c1Cl. The lowest BCUT2D eigenvalue weighted by Crippen LogP contribution is -2.37. The standard InChI is InChI=1S/C19H22BrClN2O3/c1-12-9-13-15(26-16-6-4-5-14(20)19(16)21)7-8-23(10-17(13)25-12)18(24)11-22(2)3/h4-6,9,15H,7-8,10-11H2,1-3H3. The summed E-state index contributed by atoms with van der Waals surface area (Å²) in [4.78, 5) is 16.2. The topological polar surface area (TPSA) is 45.9 Å². The normalized spacial score (nSPS) is 17.2. The summed E-state index contributed by atoms with van der Waals surface area (Å²) in [5.41, 5.74) is 0.985. The van der Waals surface area contributed by atoms with Crippen molar-refractivity contribution >= 4 is 33.4 Å². The Labute approximate surface area is 167 Å². The smallest absolute Gasteiger partial charge is 0.237 e. The van der Waals surface area contributed by atoms with E-state index in [1.165, 1.54) is 0 Å². The third-order valence-corrected chi connectivity index (χ3v) is 5.58. The fraction of sp³-hybridized carbons (Fsp3) is 0.421. The highest BCUT2D eigenvalue weighted by Gasteiger charge is 2.29. The first-order valence-electron chi connectivity index (χ1n) is 8.47. The Morgan fingerprint density at radius 1 is 1.46 bits per heavy atom. The van der Waals surface area contributed by atoms with E-state index in [9.17, 15) is 4.79 Å². The first kappa shape index (κ1) is 19.3. The maximum atomic E-state index is 12.5. The maximum absolute atomic E-state index is 12.5. The molecule has 1 amide bonds. The van der Waals surface area contributed by atoms with Crippen molar-refractivity contribution in [1.29, 1.82) is 0 Å². The van der Waals surface area contributed by atoms with Crippen LogP contribution in [0.3, 0.4) is 0 Å². The molecule has 0 radical (unpaired) electrons. The number of benzene rings is 1. The van der Waals surface area contributed by atoms with Crippen LogP contribution in [-0.2, 0) is 11.3 Å². The maximum Gasteiger partial charge on any atom is 0.237 e. The van der Waals surface area contributed by atoms with E-state index in [2.05, 4.69) is 15.9 Å². The zero-order chi connectivity index (χ0) is 18.8. The van der Waals surface area contributed by atoms with E-state index in [0.29, 0.717) is 36.8 Å². The number of furan rings is 1. The molecule has 0 spiro atoms. The summed E-state index contributed by atoms with van der Waals surface area (Å²) in [7, 11) is 3.78. The number of nitrogens with zero attached hydrogens (tertiary/aromatic N) is 2. The van der Waals surface area contributed by atoms with Crippen LogP contribution >= 0.6 is 27.5 Å². The highest BCUT2D eigenvalue weighted by Crippen LogP contribution is 2.38. The number of halogens is 2. The monoisotopic (exact) mass is 440 g/mol. The van der Waals surface area contributed by atoms with Gasteiger partial charge in [0.1, 0.15) is 23.4 Å². The second-order valence-electron chi connectivity index (χ2n) is 6.74. The molecule has 1 aliphatic rings. The quantitative estimate of drug-likeness (QED) is 0.705. The lowest BCUT2D eigenvalue weighted by Gasteiger charge is -2.23. The van der Waals surface area contributed by atoms with Gasteiger partial charge in [-0.1, -0.05) is 17.7 Å². The number of hydrogen-bond donors (Lipinski definition) is 0. The third kappa shape index (κ3) is 4.24. The van der Waals surface area contributed by atoms with Crippen molar-refractivity contribution in [3.63, 3.8) is 0 Å². The molecule has 140 valence electrons. The fourth-order valence-electron chi connectivity index (χ4n) is 3.09. The van der Waals surface area contributed by atoms with E-state index < -0.39 is 0 Å². The van der Waals surface area contributed by atoms with Gasteiger partial charge in [0, 0.05) is 23.0 Å². The molecule has 1 aliphatic heterocycles. The van der Waals surface area contributed by atoms with Gasteiger partial charge in [-0.15, -0.1) is 0 Å². The predicted molar refractivity (Wildman–Crippen MR) is 105 cm³/mol. The van der Waals surface area contributed by atoms with Gasteiger partial charge in [-0.2, -0.15) is 0 Å². The molecule has 5 nitrogen and oxygen atoms in total. The largest absolute Gasteiger partial charge is 0.484 e. The average molecular weight is 442 g/mol. The first-order chi connectivity index (χ1) is 12.3. The second kappa shape index (κ2) is 8.03. The minimum absolute atomic E-state index is 0.0798. The molecule has 1 unspecified atom stereocenters. The van der Waals surface area contributed by atoms with Crippen LogP contribution in [0.2, 0.25) is 5.02 Å². The fourth-order valence-corrected chi connectivity index (χ4v) is 3.61. The molecule has 1 aromatic carbocycles. The number of carbonyl (C=O) groups excluding carboxylic acids is 1. The van der Waals surface area contributed by atoms with Crippen LogP contribution in [0.1, 0.15) is 29.6 Å². The van der Waals surface area contributed by atoms with Gasteiger partial charge in [0.05, 0.1) is 18.1 Å². The number of rotatable bonds is 4. The molecular weight excluding hydrogens is 420 g/mol. The van der Waals surface area contributed by atoms with Crippen LogP contribution in [0, 0.1) is 6.92 Å². The Kier molecular flexibility index (Phi) is 5.95. The first-order valence-corrected chi connectivity index (χ1v) is 9.64. The highest BCUT2D eigenvalue weighted by atomic mass is 79.9. The number of amides is 1. The molecule has 26 heavy (non-hydrogen) atoms. The minimum atomic E-state index is -0.216. The number of hydrogen-bond acceptors (Lipinski definition) is 4. The predicted octanol–water partition coefficient (Wildman–Crippen LogP) is 4.42. The molecule has 2 aromatic rings. The van der Waals surface area contributed by atoms with Gasteiger partial charge < -0.3 is 19.0 Å². The molecule has 0 bridgehead atoms. The number of carbonyl (C=O) groups is 1. The van der Waals surface area contributed by atoms with E-state index >= 15 is 0 Å². The van der Waals surface area contributed by atoms with Crippen molar-refractivity contribution in [2.75, 3.05) is 27.2 Å². The zero-order valence-electron chi connectivity index (χ0n) is 15.1. The molecule has 0 fully saturated rings. The van der Waals surface area contributed by atoms with Gasteiger partial charge in [-0.05, 0) is 55.1 Å². The van der Waals surface area contributed by atoms with Crippen molar-refractivity contribution < 1.29 is 13.9 Å². The van der Waals surface area contributed by atoms with E-state index in [1.54, 1.807) is 0 Å². The Morgan fingerprint density at radius 2 is 2.23 bits per heavy atom. The Hall–Kier alpha value is -1.50. The van der Waals surface area contributed by atoms with Crippen molar-refractivity contribution in [2.24, 2.45) is 0 Å². The molecule has 0 aliphatic carbocycles. The van der Waals surface area contributed by atoms with Crippen molar-refractivity contribution in [2.45, 2.75) is 26.0 Å². The molecule has 7 heteroatoms. The number of ether oxygens (including phenoxy) is 1. The van der Waals surface area contributed by atoms with Crippen molar-refractivity contribution in [3.8, 4) is 5.75 Å². The van der Waals surface area contributed by atoms with E-state index in [-0.39, 0.29) is 12.0 Å². The molecule has 2 heterocycles. The molecule has 0 saturated heterocycles. The van der Waals surface area contributed by atoms with Crippen LogP contribution in [-0.4, -0.2) is 42.9 Å². The summed E-state index contributed by atoms with van der Waals surface area (Å²) >= 11 is 9.78. The van der Waals surface area contributed by atoms with Gasteiger partial charge >= 0.3 is 0 Å². The summed E-state index contributed by atoms with van der Waals surface area (Å²) in [6.07, 6.45) is 0.458. The third-order valence-electron chi connectivity index (χ3n) is 4.30. The number of fused-ring (bicyclic) bond motifs is 1. The summed E-state index contributed by atoms with van der Waals surface area (Å²) in [6, 6.07) is 7.60. The van der Waals surface area contributed by atoms with Crippen LogP contribution in [0.25, 0.3) is 0 Å². The van der Waals surface area contributed by atoms with Crippen LogP contribution in [0.5, 0.6) is 5.75 Å². The Bertz CT molecular complexity index is 806. The Morgan fingerprint density at radius 3 is 2.96 bits per heavy atom. The average Bonchev–Trinajstić information content (AvgIpc) is 2.85. The molecule has 0 saturated carbocycles. The summed E-state index contributed by atoms with van der Waals surface area (Å²) in [5.74, 6) is 2.29. The molecule has 1 aromatic heterocycles. The van der Waals surface area contributed by atoms with E-state index in [1.807, 2.05) is 55.1 Å². The molecular formula is C19H22BrClN2O3.